The van der Waals surface area contributed by atoms with Gasteiger partial charge in [0.2, 0.25) is 0 Å². The number of likely N-dealkylation sites (N-methyl/N-ethyl adjacent to an activating group) is 1. The molecule has 1 aromatic carbocycles. The molecule has 0 saturated heterocycles. The van der Waals surface area contributed by atoms with Crippen LogP contribution in [0.4, 0.5) is 5.69 Å². The van der Waals surface area contributed by atoms with E-state index in [1.165, 1.54) is 11.3 Å². The number of anilines is 1. The van der Waals surface area contributed by atoms with Crippen molar-refractivity contribution in [2.24, 2.45) is 0 Å². The lowest BCUT2D eigenvalue weighted by atomic mass is 10.2. The number of hydrogen-bond acceptors (Lipinski definition) is 4. The van der Waals surface area contributed by atoms with Crippen LogP contribution in [-0.2, 0) is 0 Å². The number of amides is 1. The van der Waals surface area contributed by atoms with Gasteiger partial charge in [-0.25, -0.2) is 0 Å². The Labute approximate surface area is 127 Å². The molecule has 2 rings (SSSR count). The number of carbonyl (C=O) groups is 1. The van der Waals surface area contributed by atoms with Crippen molar-refractivity contribution in [1.29, 1.82) is 0 Å². The van der Waals surface area contributed by atoms with E-state index in [1.807, 2.05) is 19.2 Å². The highest BCUT2D eigenvalue weighted by molar-refractivity contribution is 7.21. The molecule has 0 fully saturated rings. The van der Waals surface area contributed by atoms with Crippen molar-refractivity contribution >= 4 is 44.6 Å². The van der Waals surface area contributed by atoms with E-state index in [0.717, 1.165) is 23.2 Å². The summed E-state index contributed by atoms with van der Waals surface area (Å²) >= 11 is 7.33. The SMILES string of the molecule is CCN(C)CCNC(=O)c1sc2cc(Cl)ccc2c1N. The maximum atomic E-state index is 12.2. The van der Waals surface area contributed by atoms with Crippen molar-refractivity contribution in [1.82, 2.24) is 10.2 Å². The van der Waals surface area contributed by atoms with Gasteiger partial charge >= 0.3 is 0 Å². The molecule has 0 radical (unpaired) electrons. The smallest absolute Gasteiger partial charge is 0.263 e. The monoisotopic (exact) mass is 311 g/mol. The first-order valence-electron chi connectivity index (χ1n) is 6.47. The lowest BCUT2D eigenvalue weighted by Gasteiger charge is -2.13. The maximum absolute atomic E-state index is 12.2. The molecule has 1 aromatic heterocycles. The molecule has 1 heterocycles. The second-order valence-corrected chi connectivity index (χ2v) is 6.13. The molecule has 6 heteroatoms. The first kappa shape index (κ1) is 15.1. The van der Waals surface area contributed by atoms with E-state index in [0.29, 0.717) is 22.1 Å². The van der Waals surface area contributed by atoms with Gasteiger partial charge in [-0.15, -0.1) is 11.3 Å². The molecule has 20 heavy (non-hydrogen) atoms. The quantitative estimate of drug-likeness (QED) is 0.892. The number of nitrogens with one attached hydrogen (secondary N) is 1. The predicted molar refractivity (Wildman–Crippen MR) is 86.8 cm³/mol. The van der Waals surface area contributed by atoms with Gasteiger partial charge in [0.15, 0.2) is 0 Å². The number of fused-ring (bicyclic) bond motifs is 1. The summed E-state index contributed by atoms with van der Waals surface area (Å²) in [5.74, 6) is -0.121. The van der Waals surface area contributed by atoms with Crippen LogP contribution in [0.2, 0.25) is 5.02 Å². The van der Waals surface area contributed by atoms with Gasteiger partial charge in [0.1, 0.15) is 4.88 Å². The van der Waals surface area contributed by atoms with E-state index < -0.39 is 0 Å². The number of thiophene rings is 1. The standard InChI is InChI=1S/C14H18ClN3OS/c1-3-18(2)7-6-17-14(19)13-12(16)10-5-4-9(15)8-11(10)20-13/h4-5,8H,3,6-7,16H2,1-2H3,(H,17,19). The lowest BCUT2D eigenvalue weighted by Crippen LogP contribution is -2.32. The topological polar surface area (TPSA) is 58.4 Å². The number of rotatable bonds is 5. The Hall–Kier alpha value is -1.30. The Bertz CT molecular complexity index is 626. The fraction of sp³-hybridized carbons (Fsp3) is 0.357. The van der Waals surface area contributed by atoms with Gasteiger partial charge in [-0.1, -0.05) is 18.5 Å². The van der Waals surface area contributed by atoms with Crippen LogP contribution >= 0.6 is 22.9 Å². The molecule has 2 aromatic rings. The van der Waals surface area contributed by atoms with Gasteiger partial charge in [-0.3, -0.25) is 4.79 Å². The van der Waals surface area contributed by atoms with Crippen molar-refractivity contribution in [3.8, 4) is 0 Å². The average molecular weight is 312 g/mol. The largest absolute Gasteiger partial charge is 0.397 e. The molecule has 4 nitrogen and oxygen atoms in total. The second-order valence-electron chi connectivity index (χ2n) is 4.64. The Balaban J connectivity index is 2.12. The number of nitrogens with zero attached hydrogens (tertiary/aromatic N) is 1. The molecule has 0 saturated carbocycles. The highest BCUT2D eigenvalue weighted by atomic mass is 35.5. The molecule has 0 atom stereocenters. The summed E-state index contributed by atoms with van der Waals surface area (Å²) in [5, 5.41) is 4.43. The van der Waals surface area contributed by atoms with Crippen LogP contribution in [0, 0.1) is 0 Å². The summed E-state index contributed by atoms with van der Waals surface area (Å²) in [7, 11) is 2.02. The van der Waals surface area contributed by atoms with E-state index in [4.69, 9.17) is 17.3 Å². The molecule has 3 N–H and O–H groups in total. The highest BCUT2D eigenvalue weighted by Gasteiger charge is 2.16. The van der Waals surface area contributed by atoms with Crippen molar-refractivity contribution in [2.45, 2.75) is 6.92 Å². The van der Waals surface area contributed by atoms with Gasteiger partial charge in [0, 0.05) is 28.2 Å². The van der Waals surface area contributed by atoms with Crippen LogP contribution in [-0.4, -0.2) is 37.5 Å². The summed E-state index contributed by atoms with van der Waals surface area (Å²) in [5.41, 5.74) is 6.57. The number of benzene rings is 1. The molecule has 0 unspecified atom stereocenters. The number of hydrogen-bond donors (Lipinski definition) is 2. The highest BCUT2D eigenvalue weighted by Crippen LogP contribution is 2.35. The van der Waals surface area contributed by atoms with Crippen LogP contribution in [0.3, 0.4) is 0 Å². The Morgan fingerprint density at radius 2 is 2.25 bits per heavy atom. The van der Waals surface area contributed by atoms with Crippen LogP contribution in [0.1, 0.15) is 16.6 Å². The van der Waals surface area contributed by atoms with Gasteiger partial charge in [0.05, 0.1) is 5.69 Å². The lowest BCUT2D eigenvalue weighted by molar-refractivity contribution is 0.0955. The van der Waals surface area contributed by atoms with E-state index in [9.17, 15) is 4.79 Å². The Morgan fingerprint density at radius 1 is 1.50 bits per heavy atom. The summed E-state index contributed by atoms with van der Waals surface area (Å²) in [4.78, 5) is 14.8. The minimum Gasteiger partial charge on any atom is -0.397 e. The zero-order valence-electron chi connectivity index (χ0n) is 11.6. The van der Waals surface area contributed by atoms with E-state index in [-0.39, 0.29) is 5.91 Å². The Morgan fingerprint density at radius 3 is 2.95 bits per heavy atom. The zero-order chi connectivity index (χ0) is 14.7. The number of nitrogens with two attached hydrogens (primary N) is 1. The number of carbonyl (C=O) groups excluding carboxylic acids is 1. The van der Waals surface area contributed by atoms with Crippen molar-refractivity contribution < 1.29 is 4.79 Å². The Kier molecular flexibility index (Phi) is 4.86. The normalized spacial score (nSPS) is 11.2. The molecule has 0 bridgehead atoms. The molecular weight excluding hydrogens is 294 g/mol. The molecule has 0 aliphatic heterocycles. The van der Waals surface area contributed by atoms with Crippen molar-refractivity contribution in [3.05, 3.63) is 28.1 Å². The van der Waals surface area contributed by atoms with Crippen LogP contribution < -0.4 is 11.1 Å². The summed E-state index contributed by atoms with van der Waals surface area (Å²) < 4.78 is 0.936. The first-order valence-corrected chi connectivity index (χ1v) is 7.66. The fourth-order valence-corrected chi connectivity index (χ4v) is 3.17. The van der Waals surface area contributed by atoms with Gasteiger partial charge < -0.3 is 16.0 Å². The van der Waals surface area contributed by atoms with Gasteiger partial charge in [-0.05, 0) is 31.8 Å². The fourth-order valence-electron chi connectivity index (χ4n) is 1.86. The van der Waals surface area contributed by atoms with E-state index >= 15 is 0 Å². The zero-order valence-corrected chi connectivity index (χ0v) is 13.1. The third-order valence-corrected chi connectivity index (χ3v) is 4.62. The average Bonchev–Trinajstić information content (AvgIpc) is 2.75. The minimum absolute atomic E-state index is 0.121. The minimum atomic E-state index is -0.121. The van der Waals surface area contributed by atoms with Crippen molar-refractivity contribution in [2.75, 3.05) is 32.4 Å². The molecule has 0 aliphatic rings. The first-order chi connectivity index (χ1) is 9.52. The van der Waals surface area contributed by atoms with Gasteiger partial charge in [-0.2, -0.15) is 0 Å². The van der Waals surface area contributed by atoms with Crippen LogP contribution in [0.15, 0.2) is 18.2 Å². The third kappa shape index (κ3) is 3.23. The van der Waals surface area contributed by atoms with E-state index in [2.05, 4.69) is 17.1 Å². The molecular formula is C14H18ClN3OS. The molecule has 0 spiro atoms. The maximum Gasteiger partial charge on any atom is 0.263 e. The summed E-state index contributed by atoms with van der Waals surface area (Å²) in [6, 6.07) is 5.47. The van der Waals surface area contributed by atoms with Crippen LogP contribution in [0.25, 0.3) is 10.1 Å². The third-order valence-electron chi connectivity index (χ3n) is 3.22. The van der Waals surface area contributed by atoms with Crippen LogP contribution in [0.5, 0.6) is 0 Å². The summed E-state index contributed by atoms with van der Waals surface area (Å²) in [6.07, 6.45) is 0. The molecule has 108 valence electrons. The molecule has 1 amide bonds. The number of halogens is 1. The van der Waals surface area contributed by atoms with Crippen molar-refractivity contribution in [3.63, 3.8) is 0 Å². The van der Waals surface area contributed by atoms with E-state index in [1.54, 1.807) is 6.07 Å². The predicted octanol–water partition coefficient (Wildman–Crippen LogP) is 2.82. The number of nitrogen functional groups attached to an aromatic ring is 1. The summed E-state index contributed by atoms with van der Waals surface area (Å²) in [6.45, 7) is 4.46. The molecule has 0 aliphatic carbocycles. The van der Waals surface area contributed by atoms with Gasteiger partial charge in [0.25, 0.3) is 5.91 Å². The second kappa shape index (κ2) is 6.43.